The molecule has 0 heterocycles. The van der Waals surface area contributed by atoms with Crippen molar-refractivity contribution in [1.82, 2.24) is 10.6 Å². The molecule has 2 aromatic rings. The van der Waals surface area contributed by atoms with E-state index < -0.39 is 0 Å². The molecule has 0 saturated carbocycles. The molecule has 0 aliphatic rings. The molecule has 0 radical (unpaired) electrons. The van der Waals surface area contributed by atoms with Gasteiger partial charge < -0.3 is 15.4 Å². The van der Waals surface area contributed by atoms with Crippen molar-refractivity contribution in [1.29, 1.82) is 5.26 Å². The molecule has 1 unspecified atom stereocenters. The van der Waals surface area contributed by atoms with Crippen LogP contribution < -0.4 is 15.4 Å². The van der Waals surface area contributed by atoms with Gasteiger partial charge in [-0.25, -0.2) is 0 Å². The molecular weight excluding hydrogens is 338 g/mol. The largest absolute Gasteiger partial charge is 0.489 e. The number of amides is 1. The smallest absolute Gasteiger partial charge is 0.237 e. The van der Waals surface area contributed by atoms with Gasteiger partial charge in [0, 0.05) is 12.1 Å². The number of nitriles is 1. The third kappa shape index (κ3) is 7.12. The van der Waals surface area contributed by atoms with Crippen molar-refractivity contribution in [3.05, 3.63) is 65.2 Å². The fourth-order valence-electron chi connectivity index (χ4n) is 2.48. The maximum absolute atomic E-state index is 12.1. The molecule has 0 aliphatic carbocycles. The van der Waals surface area contributed by atoms with Crippen molar-refractivity contribution in [3.8, 4) is 11.8 Å². The van der Waals surface area contributed by atoms with Crippen LogP contribution in [0.2, 0.25) is 0 Å². The Balaban J connectivity index is 1.89. The van der Waals surface area contributed by atoms with E-state index in [1.807, 2.05) is 70.2 Å². The van der Waals surface area contributed by atoms with Gasteiger partial charge in [-0.1, -0.05) is 24.3 Å². The summed E-state index contributed by atoms with van der Waals surface area (Å²) < 4.78 is 5.84. The molecule has 0 aromatic heterocycles. The first-order valence-electron chi connectivity index (χ1n) is 9.03. The molecule has 0 fully saturated rings. The van der Waals surface area contributed by atoms with E-state index in [1.165, 1.54) is 0 Å². The monoisotopic (exact) mass is 365 g/mol. The predicted molar refractivity (Wildman–Crippen MR) is 106 cm³/mol. The standard InChI is InChI=1S/C22H27N3O2/c1-16(21(26)25-22(2,3)4)24-14-18-8-6-10-20(12-18)27-15-19-9-5-7-17(11-19)13-23/h5-12,16,24H,14-15H2,1-4H3,(H,25,26). The second kappa shape index (κ2) is 9.20. The fraction of sp³-hybridized carbons (Fsp3) is 0.364. The van der Waals surface area contributed by atoms with Crippen molar-refractivity contribution in [2.75, 3.05) is 0 Å². The molecule has 2 N–H and O–H groups in total. The number of carbonyl (C=O) groups excluding carboxylic acids is 1. The van der Waals surface area contributed by atoms with Crippen molar-refractivity contribution in [2.45, 2.75) is 52.4 Å². The second-order valence-corrected chi connectivity index (χ2v) is 7.59. The summed E-state index contributed by atoms with van der Waals surface area (Å²) in [7, 11) is 0. The summed E-state index contributed by atoms with van der Waals surface area (Å²) in [6, 6.07) is 17.0. The first-order valence-corrected chi connectivity index (χ1v) is 9.03. The Hall–Kier alpha value is -2.84. The Bertz CT molecular complexity index is 819. The number of benzene rings is 2. The predicted octanol–water partition coefficient (Wildman–Crippen LogP) is 3.53. The average molecular weight is 365 g/mol. The molecule has 0 aliphatic heterocycles. The van der Waals surface area contributed by atoms with Gasteiger partial charge in [0.2, 0.25) is 5.91 Å². The van der Waals surface area contributed by atoms with Gasteiger partial charge in [0.05, 0.1) is 17.7 Å². The lowest BCUT2D eigenvalue weighted by Gasteiger charge is -2.23. The molecule has 27 heavy (non-hydrogen) atoms. The van der Waals surface area contributed by atoms with Crippen LogP contribution in [-0.2, 0) is 17.9 Å². The zero-order chi connectivity index (χ0) is 19.9. The van der Waals surface area contributed by atoms with E-state index in [0.717, 1.165) is 16.9 Å². The minimum atomic E-state index is -0.289. The summed E-state index contributed by atoms with van der Waals surface area (Å²) >= 11 is 0. The number of rotatable bonds is 7. The van der Waals surface area contributed by atoms with E-state index in [0.29, 0.717) is 18.7 Å². The van der Waals surface area contributed by atoms with E-state index in [-0.39, 0.29) is 17.5 Å². The van der Waals surface area contributed by atoms with Crippen LogP contribution >= 0.6 is 0 Å². The van der Waals surface area contributed by atoms with Crippen LogP contribution in [0.15, 0.2) is 48.5 Å². The van der Waals surface area contributed by atoms with Crippen LogP contribution in [0.5, 0.6) is 5.75 Å². The molecule has 5 nitrogen and oxygen atoms in total. The van der Waals surface area contributed by atoms with Crippen molar-refractivity contribution >= 4 is 5.91 Å². The summed E-state index contributed by atoms with van der Waals surface area (Å²) in [5.74, 6) is 0.732. The topological polar surface area (TPSA) is 74.1 Å². The van der Waals surface area contributed by atoms with Crippen LogP contribution in [0.4, 0.5) is 0 Å². The highest BCUT2D eigenvalue weighted by Gasteiger charge is 2.18. The van der Waals surface area contributed by atoms with Crippen molar-refractivity contribution in [2.24, 2.45) is 0 Å². The van der Waals surface area contributed by atoms with E-state index >= 15 is 0 Å². The molecule has 2 rings (SSSR count). The van der Waals surface area contributed by atoms with Gasteiger partial charge in [0.25, 0.3) is 0 Å². The average Bonchev–Trinajstić information content (AvgIpc) is 2.63. The molecule has 0 saturated heterocycles. The Kier molecular flexibility index (Phi) is 6.98. The molecular formula is C22H27N3O2. The molecule has 1 atom stereocenters. The second-order valence-electron chi connectivity index (χ2n) is 7.59. The lowest BCUT2D eigenvalue weighted by Crippen LogP contribution is -2.49. The van der Waals surface area contributed by atoms with Gasteiger partial charge in [-0.2, -0.15) is 5.26 Å². The summed E-state index contributed by atoms with van der Waals surface area (Å²) in [5, 5.41) is 15.2. The third-order valence-electron chi connectivity index (χ3n) is 3.86. The Labute approximate surface area is 161 Å². The van der Waals surface area contributed by atoms with E-state index in [1.54, 1.807) is 6.07 Å². The number of hydrogen-bond donors (Lipinski definition) is 2. The number of nitrogens with one attached hydrogen (secondary N) is 2. The summed E-state index contributed by atoms with van der Waals surface area (Å²) in [4.78, 5) is 12.1. The van der Waals surface area contributed by atoms with Crippen LogP contribution in [0.3, 0.4) is 0 Å². The van der Waals surface area contributed by atoms with Gasteiger partial charge in [-0.05, 0) is 63.1 Å². The number of ether oxygens (including phenoxy) is 1. The molecule has 5 heteroatoms. The highest BCUT2D eigenvalue weighted by molar-refractivity contribution is 5.81. The van der Waals surface area contributed by atoms with E-state index in [4.69, 9.17) is 10.00 Å². The number of hydrogen-bond acceptors (Lipinski definition) is 4. The molecule has 0 bridgehead atoms. The SMILES string of the molecule is CC(NCc1cccc(OCc2cccc(C#N)c2)c1)C(=O)NC(C)(C)C. The van der Waals surface area contributed by atoms with Gasteiger partial charge in [-0.3, -0.25) is 4.79 Å². The van der Waals surface area contributed by atoms with Crippen LogP contribution in [-0.4, -0.2) is 17.5 Å². The van der Waals surface area contributed by atoms with Gasteiger partial charge in [-0.15, -0.1) is 0 Å². The van der Waals surface area contributed by atoms with Gasteiger partial charge in [0.15, 0.2) is 0 Å². The third-order valence-corrected chi connectivity index (χ3v) is 3.86. The van der Waals surface area contributed by atoms with E-state index in [2.05, 4.69) is 16.7 Å². The minimum Gasteiger partial charge on any atom is -0.489 e. The highest BCUT2D eigenvalue weighted by atomic mass is 16.5. The highest BCUT2D eigenvalue weighted by Crippen LogP contribution is 2.16. The quantitative estimate of drug-likeness (QED) is 0.787. The van der Waals surface area contributed by atoms with Crippen LogP contribution in [0, 0.1) is 11.3 Å². The zero-order valence-corrected chi connectivity index (χ0v) is 16.4. The molecule has 0 spiro atoms. The van der Waals surface area contributed by atoms with E-state index in [9.17, 15) is 4.79 Å². The summed E-state index contributed by atoms with van der Waals surface area (Å²) in [6.07, 6.45) is 0. The lowest BCUT2D eigenvalue weighted by molar-refractivity contribution is -0.124. The molecule has 2 aromatic carbocycles. The summed E-state index contributed by atoms with van der Waals surface area (Å²) in [6.45, 7) is 8.71. The number of nitrogens with zero attached hydrogens (tertiary/aromatic N) is 1. The summed E-state index contributed by atoms with van der Waals surface area (Å²) in [5.41, 5.74) is 2.36. The number of carbonyl (C=O) groups is 1. The maximum Gasteiger partial charge on any atom is 0.237 e. The first-order chi connectivity index (χ1) is 12.8. The van der Waals surface area contributed by atoms with Gasteiger partial charge in [0.1, 0.15) is 12.4 Å². The van der Waals surface area contributed by atoms with Crippen molar-refractivity contribution in [3.63, 3.8) is 0 Å². The Morgan fingerprint density at radius 1 is 1.15 bits per heavy atom. The Morgan fingerprint density at radius 3 is 2.56 bits per heavy atom. The normalized spacial score (nSPS) is 12.1. The van der Waals surface area contributed by atoms with Gasteiger partial charge >= 0.3 is 0 Å². The zero-order valence-electron chi connectivity index (χ0n) is 16.4. The maximum atomic E-state index is 12.1. The fourth-order valence-corrected chi connectivity index (χ4v) is 2.48. The van der Waals surface area contributed by atoms with Crippen LogP contribution in [0.25, 0.3) is 0 Å². The lowest BCUT2D eigenvalue weighted by atomic mass is 10.1. The molecule has 142 valence electrons. The minimum absolute atomic E-state index is 0.0210. The van der Waals surface area contributed by atoms with Crippen LogP contribution in [0.1, 0.15) is 44.4 Å². The Morgan fingerprint density at radius 2 is 1.85 bits per heavy atom. The first kappa shape index (κ1) is 20.5. The van der Waals surface area contributed by atoms with Crippen molar-refractivity contribution < 1.29 is 9.53 Å². The molecule has 1 amide bonds.